The Labute approximate surface area is 220 Å². The van der Waals surface area contributed by atoms with Crippen LogP contribution in [-0.4, -0.2) is 38.2 Å². The van der Waals surface area contributed by atoms with Crippen molar-refractivity contribution in [3.8, 4) is 0 Å². The van der Waals surface area contributed by atoms with Crippen molar-refractivity contribution in [2.45, 2.75) is 27.7 Å². The van der Waals surface area contributed by atoms with Crippen LogP contribution in [-0.2, 0) is 0 Å². The molecule has 0 aromatic heterocycles. The topological polar surface area (TPSA) is 68.3 Å². The van der Waals surface area contributed by atoms with E-state index in [4.69, 9.17) is 0 Å². The number of carbonyl (C=O) groups is 4. The minimum atomic E-state index is -3.96. The first-order valence-electron chi connectivity index (χ1n) is 12.3. The van der Waals surface area contributed by atoms with Gasteiger partial charge in [-0.05, 0) is 0 Å². The Kier molecular flexibility index (Phi) is 7.57. The summed E-state index contributed by atoms with van der Waals surface area (Å²) >= 11 is -3.96. The summed E-state index contributed by atoms with van der Waals surface area (Å²) in [5.74, 6) is -0.0224. The van der Waals surface area contributed by atoms with Gasteiger partial charge in [0.05, 0.1) is 0 Å². The van der Waals surface area contributed by atoms with Gasteiger partial charge in [-0.25, -0.2) is 0 Å². The van der Waals surface area contributed by atoms with Gasteiger partial charge in [0.1, 0.15) is 0 Å². The molecule has 4 nitrogen and oxygen atoms in total. The third-order valence-corrected chi connectivity index (χ3v) is 18.9. The summed E-state index contributed by atoms with van der Waals surface area (Å²) in [5, 5.41) is 0. The molecule has 0 spiro atoms. The van der Waals surface area contributed by atoms with Gasteiger partial charge in [-0.1, -0.05) is 0 Å². The summed E-state index contributed by atoms with van der Waals surface area (Å²) in [6.07, 6.45) is 0. The van der Waals surface area contributed by atoms with E-state index in [1.54, 1.807) is 27.7 Å². The zero-order valence-electron chi connectivity index (χ0n) is 21.4. The van der Waals surface area contributed by atoms with E-state index in [9.17, 15) is 19.2 Å². The molecule has 4 aromatic rings. The fourth-order valence-corrected chi connectivity index (χ4v) is 16.5. The van der Waals surface area contributed by atoms with Crippen LogP contribution in [0.3, 0.4) is 0 Å². The zero-order valence-corrected chi connectivity index (χ0v) is 23.9. The van der Waals surface area contributed by atoms with Crippen molar-refractivity contribution in [1.29, 1.82) is 0 Å². The van der Waals surface area contributed by atoms with Crippen molar-refractivity contribution in [2.75, 3.05) is 0 Å². The molecule has 0 bridgehead atoms. The molecule has 37 heavy (non-hydrogen) atoms. The summed E-state index contributed by atoms with van der Waals surface area (Å²) in [5.41, 5.74) is 2.53. The second-order valence-electron chi connectivity index (χ2n) is 9.58. The van der Waals surface area contributed by atoms with Crippen LogP contribution in [0.5, 0.6) is 0 Å². The molecule has 0 amide bonds. The molecule has 0 atom stereocenters. The van der Waals surface area contributed by atoms with Crippen molar-refractivity contribution in [3.63, 3.8) is 0 Å². The number of hydrogen-bond acceptors (Lipinski definition) is 4. The van der Waals surface area contributed by atoms with Crippen LogP contribution in [0.2, 0.25) is 0 Å². The average Bonchev–Trinajstić information content (AvgIpc) is 2.90. The Morgan fingerprint density at radius 2 is 0.514 bits per heavy atom. The van der Waals surface area contributed by atoms with Gasteiger partial charge in [-0.2, -0.15) is 0 Å². The monoisotopic (exact) mass is 545 g/mol. The maximum absolute atomic E-state index is 12.0. The summed E-state index contributed by atoms with van der Waals surface area (Å²) in [6, 6.07) is 31.1. The molecule has 0 fully saturated rings. The minimum absolute atomic E-state index is 0.00559. The van der Waals surface area contributed by atoms with Crippen LogP contribution in [0, 0.1) is 0 Å². The fraction of sp³-hybridized carbons (Fsp3) is 0.125. The number of rotatable bonds is 8. The third kappa shape index (κ3) is 5.06. The van der Waals surface area contributed by atoms with E-state index in [0.29, 0.717) is 22.3 Å². The summed E-state index contributed by atoms with van der Waals surface area (Å²) in [6.45, 7) is 6.19. The molecular formula is C32H28GaO4-. The molecule has 0 aliphatic carbocycles. The van der Waals surface area contributed by atoms with Crippen LogP contribution in [0.25, 0.3) is 0 Å². The van der Waals surface area contributed by atoms with Crippen LogP contribution in [0.15, 0.2) is 97.1 Å². The van der Waals surface area contributed by atoms with Crippen molar-refractivity contribution in [1.82, 2.24) is 0 Å². The van der Waals surface area contributed by atoms with Crippen LogP contribution in [0.4, 0.5) is 0 Å². The third-order valence-electron chi connectivity index (χ3n) is 7.27. The van der Waals surface area contributed by atoms with Gasteiger partial charge >= 0.3 is 221 Å². The van der Waals surface area contributed by atoms with Crippen LogP contribution in [0.1, 0.15) is 69.1 Å². The number of carbonyl (C=O) groups excluding carboxylic acids is 4. The SMILES string of the molecule is CC(=O)c1cc[c]([Ga-]([c]2ccc(C(C)=O)cc2)([c]2ccc(C(C)=O)cc2)[c]2ccc(C(C)=O)cc2)cc1. The Bertz CT molecular complexity index is 1250. The Balaban J connectivity index is 2.09. The first-order chi connectivity index (χ1) is 17.6. The van der Waals surface area contributed by atoms with Gasteiger partial charge in [0, 0.05) is 0 Å². The zero-order chi connectivity index (χ0) is 26.7. The molecule has 0 saturated carbocycles. The van der Waals surface area contributed by atoms with E-state index in [-0.39, 0.29) is 23.1 Å². The maximum atomic E-state index is 12.0. The summed E-state index contributed by atoms with van der Waals surface area (Å²) < 4.78 is 4.42. The normalized spacial score (nSPS) is 11.1. The second kappa shape index (κ2) is 10.7. The van der Waals surface area contributed by atoms with Crippen molar-refractivity contribution in [2.24, 2.45) is 0 Å². The Morgan fingerprint density at radius 1 is 0.351 bits per heavy atom. The quantitative estimate of drug-likeness (QED) is 0.249. The van der Waals surface area contributed by atoms with Crippen molar-refractivity contribution in [3.05, 3.63) is 119 Å². The molecule has 184 valence electrons. The molecular weight excluding hydrogens is 518 g/mol. The van der Waals surface area contributed by atoms with Gasteiger partial charge in [0.25, 0.3) is 0 Å². The summed E-state index contributed by atoms with van der Waals surface area (Å²) in [7, 11) is 0. The van der Waals surface area contributed by atoms with Crippen LogP contribution >= 0.6 is 0 Å². The average molecular weight is 546 g/mol. The van der Waals surface area contributed by atoms with Crippen LogP contribution < -0.4 is 16.5 Å². The first kappa shape index (κ1) is 26.3. The van der Waals surface area contributed by atoms with E-state index in [2.05, 4.69) is 0 Å². The van der Waals surface area contributed by atoms with E-state index in [0.717, 1.165) is 16.5 Å². The molecule has 4 rings (SSSR count). The predicted octanol–water partition coefficient (Wildman–Crippen LogP) is 3.87. The van der Waals surface area contributed by atoms with Gasteiger partial charge in [0.2, 0.25) is 0 Å². The fourth-order valence-electron chi connectivity index (χ4n) is 5.18. The molecule has 0 unspecified atom stereocenters. The van der Waals surface area contributed by atoms with Gasteiger partial charge < -0.3 is 0 Å². The van der Waals surface area contributed by atoms with Gasteiger partial charge in [-0.3, -0.25) is 0 Å². The number of benzene rings is 4. The molecule has 4 aromatic carbocycles. The van der Waals surface area contributed by atoms with Gasteiger partial charge in [0.15, 0.2) is 0 Å². The second-order valence-corrected chi connectivity index (χ2v) is 18.8. The molecule has 0 aliphatic heterocycles. The van der Waals surface area contributed by atoms with E-state index < -0.39 is 15.0 Å². The number of hydrogen-bond donors (Lipinski definition) is 0. The van der Waals surface area contributed by atoms with Gasteiger partial charge in [-0.15, -0.1) is 0 Å². The molecule has 0 saturated heterocycles. The predicted molar refractivity (Wildman–Crippen MR) is 150 cm³/mol. The first-order valence-corrected chi connectivity index (χ1v) is 17.1. The van der Waals surface area contributed by atoms with E-state index in [1.807, 2.05) is 97.1 Å². The standard InChI is InChI=1S/4C8H7O.Ga/c4*1-7(9)8-5-3-2-4-6-8;/h4*3-6H,1H3;/q;;;;-1. The molecule has 0 heterocycles. The van der Waals surface area contributed by atoms with E-state index >= 15 is 0 Å². The van der Waals surface area contributed by atoms with Crippen molar-refractivity contribution < 1.29 is 19.2 Å². The number of ketones is 4. The number of Topliss-reactive ketones (excluding diaryl/α,β-unsaturated/α-hetero) is 4. The molecule has 5 heteroatoms. The Morgan fingerprint density at radius 3 is 0.649 bits per heavy atom. The molecule has 0 N–H and O–H groups in total. The molecule has 0 aliphatic rings. The summed E-state index contributed by atoms with van der Waals surface area (Å²) in [4.78, 5) is 48.2. The molecule has 0 radical (unpaired) electrons. The Hall–Kier alpha value is -3.80. The van der Waals surface area contributed by atoms with Crippen molar-refractivity contribution >= 4 is 54.6 Å². The van der Waals surface area contributed by atoms with E-state index in [1.165, 1.54) is 0 Å².